The number of aromatic amines is 1. The molecule has 4 N–H and O–H groups in total. The van der Waals surface area contributed by atoms with Gasteiger partial charge in [0.05, 0.1) is 15.9 Å². The molecule has 0 saturated carbocycles. The first-order valence-corrected chi connectivity index (χ1v) is 15.2. The van der Waals surface area contributed by atoms with E-state index in [4.69, 9.17) is 9.47 Å². The largest absolute Gasteiger partial charge is 0.447 e. The van der Waals surface area contributed by atoms with Gasteiger partial charge in [0, 0.05) is 46.6 Å². The number of carbonyl (C=O) groups excluding carboxylic acids is 2. The third kappa shape index (κ3) is 8.38. The van der Waals surface area contributed by atoms with Crippen LogP contribution in [0.15, 0.2) is 66.0 Å². The van der Waals surface area contributed by atoms with Crippen LogP contribution in [-0.2, 0) is 26.1 Å². The van der Waals surface area contributed by atoms with Crippen molar-refractivity contribution in [1.29, 1.82) is 0 Å². The number of anilines is 2. The maximum atomic E-state index is 13.5. The third-order valence-corrected chi connectivity index (χ3v) is 8.22. The number of rotatable bonds is 9. The van der Waals surface area contributed by atoms with Gasteiger partial charge in [0.15, 0.2) is 6.61 Å². The lowest BCUT2D eigenvalue weighted by atomic mass is 10.1. The molecule has 0 fully saturated rings. The van der Waals surface area contributed by atoms with Crippen molar-refractivity contribution in [1.82, 2.24) is 19.7 Å². The summed E-state index contributed by atoms with van der Waals surface area (Å²) in [4.78, 5) is 36.1. The first kappa shape index (κ1) is 30.7. The molecule has 2 amide bonds. The Morgan fingerprint density at radius 1 is 1.00 bits per heavy atom. The number of imidazole rings is 1. The van der Waals surface area contributed by atoms with Crippen LogP contribution in [0.1, 0.15) is 40.4 Å². The highest BCUT2D eigenvalue weighted by molar-refractivity contribution is 7.89. The summed E-state index contributed by atoms with van der Waals surface area (Å²) in [7, 11) is -4.01. The van der Waals surface area contributed by atoms with E-state index in [1.807, 2.05) is 0 Å². The fourth-order valence-corrected chi connectivity index (χ4v) is 6.43. The predicted octanol–water partition coefficient (Wildman–Crippen LogP) is 5.98. The number of benzene rings is 2. The summed E-state index contributed by atoms with van der Waals surface area (Å²) in [5.74, 6) is 0.471. The number of amides is 2. The molecule has 4 aromatic rings. The summed E-state index contributed by atoms with van der Waals surface area (Å²) in [5.41, 5.74) is 1.25. The van der Waals surface area contributed by atoms with Crippen LogP contribution < -0.4 is 15.4 Å². The molecule has 0 unspecified atom stereocenters. The van der Waals surface area contributed by atoms with Crippen LogP contribution in [0, 0.1) is 0 Å². The lowest BCUT2D eigenvalue weighted by molar-refractivity contribution is 0.130. The van der Waals surface area contributed by atoms with Crippen LogP contribution in [0.5, 0.6) is 0 Å². The number of nitrogens with one attached hydrogen (secondary N) is 4. The molecule has 42 heavy (non-hydrogen) atoms. The quantitative estimate of drug-likeness (QED) is 0.179. The Labute approximate surface area is 248 Å². The highest BCUT2D eigenvalue weighted by Gasteiger charge is 2.27. The van der Waals surface area contributed by atoms with E-state index in [9.17, 15) is 18.0 Å². The number of hydrogen-bond acceptors (Lipinski definition) is 9. The van der Waals surface area contributed by atoms with Crippen molar-refractivity contribution in [2.45, 2.75) is 57.8 Å². The number of thiazole rings is 1. The number of H-pyrrole nitrogens is 1. The second-order valence-electron chi connectivity index (χ2n) is 10.5. The van der Waals surface area contributed by atoms with E-state index in [2.05, 4.69) is 30.3 Å². The van der Waals surface area contributed by atoms with Crippen LogP contribution in [0.25, 0.3) is 21.0 Å². The zero-order valence-electron chi connectivity index (χ0n) is 23.7. The number of carbonyl (C=O) groups is 2. The molecular formula is C28H32N6O6S2. The molecule has 222 valence electrons. The van der Waals surface area contributed by atoms with Crippen LogP contribution in [-0.4, -0.2) is 47.2 Å². The van der Waals surface area contributed by atoms with E-state index < -0.39 is 27.7 Å². The van der Waals surface area contributed by atoms with Gasteiger partial charge in [0.2, 0.25) is 10.0 Å². The Balaban J connectivity index is 1.59. The molecule has 4 rings (SSSR count). The van der Waals surface area contributed by atoms with E-state index in [1.165, 1.54) is 17.4 Å². The molecule has 14 heteroatoms. The zero-order chi connectivity index (χ0) is 30.5. The summed E-state index contributed by atoms with van der Waals surface area (Å²) < 4.78 is 39.9. The minimum atomic E-state index is -4.01. The predicted molar refractivity (Wildman–Crippen MR) is 161 cm³/mol. The van der Waals surface area contributed by atoms with Gasteiger partial charge in [-0.15, -0.1) is 11.3 Å². The molecule has 0 bridgehead atoms. The normalized spacial score (nSPS) is 11.8. The third-order valence-electron chi connectivity index (χ3n) is 5.35. The van der Waals surface area contributed by atoms with Gasteiger partial charge >= 0.3 is 12.2 Å². The summed E-state index contributed by atoms with van der Waals surface area (Å²) in [5, 5.41) is 5.89. The number of hydrogen-bond donors (Lipinski definition) is 4. The molecular weight excluding hydrogens is 580 g/mol. The van der Waals surface area contributed by atoms with Gasteiger partial charge in [-0.1, -0.05) is 6.07 Å². The number of aromatic nitrogens is 3. The SMILES string of the molecule is CC(C)OC(=O)Nc1ccc(-c2ncc(-c3ccc(NC(=O)OCc4ncc[nH]4)cc3S(=O)(=O)NC(C)(C)C)s2)cc1. The van der Waals surface area contributed by atoms with Crippen molar-refractivity contribution in [2.24, 2.45) is 0 Å². The lowest BCUT2D eigenvalue weighted by Gasteiger charge is -2.22. The van der Waals surface area contributed by atoms with Gasteiger partial charge in [0.25, 0.3) is 0 Å². The second-order valence-corrected chi connectivity index (χ2v) is 13.2. The molecule has 0 radical (unpaired) electrons. The maximum Gasteiger partial charge on any atom is 0.412 e. The van der Waals surface area contributed by atoms with Gasteiger partial charge in [-0.2, -0.15) is 0 Å². The average molecular weight is 613 g/mol. The highest BCUT2D eigenvalue weighted by Crippen LogP contribution is 2.37. The summed E-state index contributed by atoms with van der Waals surface area (Å²) in [6, 6.07) is 11.6. The monoisotopic (exact) mass is 612 g/mol. The van der Waals surface area contributed by atoms with Crippen LogP contribution in [0.3, 0.4) is 0 Å². The minimum Gasteiger partial charge on any atom is -0.447 e. The van der Waals surface area contributed by atoms with Crippen molar-refractivity contribution in [2.75, 3.05) is 10.6 Å². The van der Waals surface area contributed by atoms with Crippen molar-refractivity contribution in [3.05, 3.63) is 66.9 Å². The molecule has 0 spiro atoms. The van der Waals surface area contributed by atoms with E-state index in [1.54, 1.807) is 89.6 Å². The summed E-state index contributed by atoms with van der Waals surface area (Å²) in [6.07, 6.45) is 3.20. The Morgan fingerprint density at radius 2 is 1.69 bits per heavy atom. The van der Waals surface area contributed by atoms with Gasteiger partial charge in [-0.05, 0) is 71.0 Å². The Kier molecular flexibility index (Phi) is 9.29. The average Bonchev–Trinajstić information content (AvgIpc) is 3.59. The van der Waals surface area contributed by atoms with E-state index in [0.29, 0.717) is 27.0 Å². The topological polar surface area (TPSA) is 164 Å². The molecule has 0 aliphatic carbocycles. The molecule has 2 aromatic heterocycles. The molecule has 0 saturated heterocycles. The number of nitrogens with zero attached hydrogens (tertiary/aromatic N) is 2. The minimum absolute atomic E-state index is 0.0281. The first-order chi connectivity index (χ1) is 19.8. The van der Waals surface area contributed by atoms with Crippen LogP contribution >= 0.6 is 11.3 Å². The fraction of sp³-hybridized carbons (Fsp3) is 0.286. The Morgan fingerprint density at radius 3 is 2.33 bits per heavy atom. The number of ether oxygens (including phenoxy) is 2. The molecule has 0 aliphatic rings. The zero-order valence-corrected chi connectivity index (χ0v) is 25.4. The van der Waals surface area contributed by atoms with E-state index in [-0.39, 0.29) is 23.3 Å². The van der Waals surface area contributed by atoms with Crippen molar-refractivity contribution >= 4 is 44.9 Å². The standard InChI is InChI=1S/C28H32N6O6S2/c1-17(2)40-27(36)32-19-8-6-18(7-9-19)25-31-15-22(41-25)21-11-10-20(14-23(21)42(37,38)34-28(3,4)5)33-26(35)39-16-24-29-12-13-30-24/h6-15,17,34H,16H2,1-5H3,(H,29,30)(H,32,36)(H,33,35). The van der Waals surface area contributed by atoms with Gasteiger partial charge in [0.1, 0.15) is 10.8 Å². The molecule has 0 aliphatic heterocycles. The molecule has 12 nitrogen and oxygen atoms in total. The second kappa shape index (κ2) is 12.7. The van der Waals surface area contributed by atoms with Gasteiger partial charge in [-0.3, -0.25) is 10.6 Å². The van der Waals surface area contributed by atoms with Crippen LogP contribution in [0.2, 0.25) is 0 Å². The number of sulfonamides is 1. The van der Waals surface area contributed by atoms with Gasteiger partial charge in [-0.25, -0.2) is 32.7 Å². The van der Waals surface area contributed by atoms with Gasteiger partial charge < -0.3 is 14.5 Å². The maximum absolute atomic E-state index is 13.5. The van der Waals surface area contributed by atoms with Crippen LogP contribution in [0.4, 0.5) is 21.0 Å². The Hall–Kier alpha value is -4.27. The highest BCUT2D eigenvalue weighted by atomic mass is 32.2. The molecule has 0 atom stereocenters. The molecule has 2 aromatic carbocycles. The van der Waals surface area contributed by atoms with Crippen molar-refractivity contribution in [3.8, 4) is 21.0 Å². The summed E-state index contributed by atoms with van der Waals surface area (Å²) >= 11 is 1.30. The first-order valence-electron chi connectivity index (χ1n) is 12.9. The van der Waals surface area contributed by atoms with Crippen molar-refractivity contribution in [3.63, 3.8) is 0 Å². The summed E-state index contributed by atoms with van der Waals surface area (Å²) in [6.45, 7) is 8.68. The van der Waals surface area contributed by atoms with E-state index >= 15 is 0 Å². The van der Waals surface area contributed by atoms with Crippen molar-refractivity contribution < 1.29 is 27.5 Å². The smallest absolute Gasteiger partial charge is 0.412 e. The fourth-order valence-electron chi connectivity index (χ4n) is 3.74. The molecule has 2 heterocycles. The lowest BCUT2D eigenvalue weighted by Crippen LogP contribution is -2.40. The van der Waals surface area contributed by atoms with E-state index in [0.717, 1.165) is 5.56 Å². The Bertz CT molecular complexity index is 1640.